The van der Waals surface area contributed by atoms with Crippen molar-refractivity contribution in [2.24, 2.45) is 0 Å². The summed E-state index contributed by atoms with van der Waals surface area (Å²) in [5.41, 5.74) is 2.66. The molecule has 0 heterocycles. The molecule has 1 aromatic carbocycles. The first-order chi connectivity index (χ1) is 9.49. The van der Waals surface area contributed by atoms with Gasteiger partial charge in [-0.2, -0.15) is 0 Å². The highest BCUT2D eigenvalue weighted by Crippen LogP contribution is 2.09. The Morgan fingerprint density at radius 1 is 1.15 bits per heavy atom. The van der Waals surface area contributed by atoms with Gasteiger partial charge in [0.1, 0.15) is 0 Å². The molecule has 0 atom stereocenters. The van der Waals surface area contributed by atoms with Crippen LogP contribution >= 0.6 is 0 Å². The second-order valence-electron chi connectivity index (χ2n) is 4.68. The van der Waals surface area contributed by atoms with E-state index in [1.54, 1.807) is 12.1 Å². The number of carbonyl (C=O) groups excluding carboxylic acids is 1. The van der Waals surface area contributed by atoms with Crippen LogP contribution in [0.1, 0.15) is 25.0 Å². The lowest BCUT2D eigenvalue weighted by Gasteiger charge is -2.09. The summed E-state index contributed by atoms with van der Waals surface area (Å²) in [5, 5.41) is 14.2. The molecule has 5 heteroatoms. The molecule has 2 amide bonds. The molecule has 0 aliphatic carbocycles. The molecule has 0 aliphatic heterocycles. The summed E-state index contributed by atoms with van der Waals surface area (Å²) >= 11 is 0. The molecule has 1 aromatic rings. The van der Waals surface area contributed by atoms with E-state index in [0.29, 0.717) is 18.7 Å². The Labute approximate surface area is 118 Å². The third-order valence-electron chi connectivity index (χ3n) is 2.67. The zero-order chi connectivity index (χ0) is 15.0. The minimum Gasteiger partial charge on any atom is -0.481 e. The molecule has 5 nitrogen and oxygen atoms in total. The standard InChI is InChI=1S/C15H20N2O3/c1-11(2)7-8-16-15(20)17-10-13-6-4-3-5-12(13)9-14(18)19/h3-7H,8-10H2,1-2H3,(H,18,19)(H2,16,17,20). The second-order valence-corrected chi connectivity index (χ2v) is 4.68. The number of carboxylic acid groups (broad SMARTS) is 1. The van der Waals surface area contributed by atoms with E-state index < -0.39 is 5.97 Å². The van der Waals surface area contributed by atoms with Gasteiger partial charge in [-0.1, -0.05) is 35.9 Å². The number of benzene rings is 1. The van der Waals surface area contributed by atoms with E-state index in [0.717, 1.165) is 11.1 Å². The van der Waals surface area contributed by atoms with E-state index >= 15 is 0 Å². The van der Waals surface area contributed by atoms with Gasteiger partial charge in [-0.3, -0.25) is 4.79 Å². The topological polar surface area (TPSA) is 78.4 Å². The number of rotatable bonds is 6. The fourth-order valence-electron chi connectivity index (χ4n) is 1.65. The number of urea groups is 1. The predicted octanol–water partition coefficient (Wildman–Crippen LogP) is 2.08. The number of nitrogens with one attached hydrogen (secondary N) is 2. The van der Waals surface area contributed by atoms with Crippen LogP contribution in [0.5, 0.6) is 0 Å². The van der Waals surface area contributed by atoms with Crippen molar-refractivity contribution in [2.75, 3.05) is 6.54 Å². The van der Waals surface area contributed by atoms with Crippen LogP contribution < -0.4 is 10.6 Å². The van der Waals surface area contributed by atoms with Crippen LogP contribution in [-0.2, 0) is 17.8 Å². The monoisotopic (exact) mass is 276 g/mol. The second kappa shape index (κ2) is 7.99. The summed E-state index contributed by atoms with van der Waals surface area (Å²) in [6, 6.07) is 6.91. The van der Waals surface area contributed by atoms with Gasteiger partial charge in [0, 0.05) is 13.1 Å². The summed E-state index contributed by atoms with van der Waals surface area (Å²) in [5.74, 6) is -0.884. The molecule has 0 saturated carbocycles. The maximum atomic E-state index is 11.6. The van der Waals surface area contributed by atoms with Crippen molar-refractivity contribution in [3.63, 3.8) is 0 Å². The van der Waals surface area contributed by atoms with Crippen LogP contribution in [0, 0.1) is 0 Å². The van der Waals surface area contributed by atoms with Gasteiger partial charge in [0.2, 0.25) is 0 Å². The fourth-order valence-corrected chi connectivity index (χ4v) is 1.65. The van der Waals surface area contributed by atoms with Crippen LogP contribution in [0.4, 0.5) is 4.79 Å². The SMILES string of the molecule is CC(C)=CCNC(=O)NCc1ccccc1CC(=O)O. The normalized spacial score (nSPS) is 9.70. The van der Waals surface area contributed by atoms with Gasteiger partial charge in [-0.25, -0.2) is 4.79 Å². The summed E-state index contributed by atoms with van der Waals surface area (Å²) in [7, 11) is 0. The summed E-state index contributed by atoms with van der Waals surface area (Å²) < 4.78 is 0. The van der Waals surface area contributed by atoms with Crippen molar-refractivity contribution in [2.45, 2.75) is 26.8 Å². The molecule has 108 valence electrons. The Kier molecular flexibility index (Phi) is 6.29. The lowest BCUT2D eigenvalue weighted by Crippen LogP contribution is -2.35. The number of allylic oxidation sites excluding steroid dienone is 1. The molecule has 0 radical (unpaired) electrons. The highest BCUT2D eigenvalue weighted by Gasteiger charge is 2.07. The molecular formula is C15H20N2O3. The predicted molar refractivity (Wildman–Crippen MR) is 77.5 cm³/mol. The Morgan fingerprint density at radius 3 is 2.40 bits per heavy atom. The molecule has 0 unspecified atom stereocenters. The molecule has 1 rings (SSSR count). The molecular weight excluding hydrogens is 256 g/mol. The molecule has 0 aliphatic rings. The maximum absolute atomic E-state index is 11.6. The lowest BCUT2D eigenvalue weighted by atomic mass is 10.0. The van der Waals surface area contributed by atoms with Crippen molar-refractivity contribution < 1.29 is 14.7 Å². The first-order valence-corrected chi connectivity index (χ1v) is 6.42. The van der Waals surface area contributed by atoms with E-state index in [-0.39, 0.29) is 12.5 Å². The van der Waals surface area contributed by atoms with Crippen LogP contribution in [0.15, 0.2) is 35.9 Å². The minimum atomic E-state index is -0.884. The average molecular weight is 276 g/mol. The summed E-state index contributed by atoms with van der Waals surface area (Å²) in [6.07, 6.45) is 1.87. The number of carbonyl (C=O) groups is 2. The summed E-state index contributed by atoms with van der Waals surface area (Å²) in [4.78, 5) is 22.3. The van der Waals surface area contributed by atoms with Crippen molar-refractivity contribution in [3.8, 4) is 0 Å². The Bertz CT molecular complexity index is 506. The first kappa shape index (κ1) is 15.8. The number of aliphatic carboxylic acids is 1. The van der Waals surface area contributed by atoms with Gasteiger partial charge in [0.15, 0.2) is 0 Å². The average Bonchev–Trinajstić information content (AvgIpc) is 2.36. The highest BCUT2D eigenvalue weighted by molar-refractivity contribution is 5.74. The highest BCUT2D eigenvalue weighted by atomic mass is 16.4. The smallest absolute Gasteiger partial charge is 0.315 e. The van der Waals surface area contributed by atoms with E-state index in [9.17, 15) is 9.59 Å². The summed E-state index contributed by atoms with van der Waals surface area (Å²) in [6.45, 7) is 4.71. The minimum absolute atomic E-state index is 0.0444. The zero-order valence-electron chi connectivity index (χ0n) is 11.8. The molecule has 0 aromatic heterocycles. The van der Waals surface area contributed by atoms with Crippen molar-refractivity contribution >= 4 is 12.0 Å². The fraction of sp³-hybridized carbons (Fsp3) is 0.333. The molecule has 0 bridgehead atoms. The van der Waals surface area contributed by atoms with Crippen molar-refractivity contribution in [1.29, 1.82) is 0 Å². The third kappa shape index (κ3) is 6.04. The van der Waals surface area contributed by atoms with Crippen LogP contribution in [0.3, 0.4) is 0 Å². The van der Waals surface area contributed by atoms with Crippen LogP contribution in [0.25, 0.3) is 0 Å². The number of amides is 2. The largest absolute Gasteiger partial charge is 0.481 e. The molecule has 0 spiro atoms. The number of hydrogen-bond acceptors (Lipinski definition) is 2. The molecule has 3 N–H and O–H groups in total. The van der Waals surface area contributed by atoms with E-state index in [1.807, 2.05) is 32.1 Å². The Balaban J connectivity index is 2.50. The molecule has 0 fully saturated rings. The quantitative estimate of drug-likeness (QED) is 0.696. The van der Waals surface area contributed by atoms with Crippen molar-refractivity contribution in [1.82, 2.24) is 10.6 Å². The third-order valence-corrected chi connectivity index (χ3v) is 2.67. The van der Waals surface area contributed by atoms with E-state index in [4.69, 9.17) is 5.11 Å². The number of carboxylic acids is 1. The lowest BCUT2D eigenvalue weighted by molar-refractivity contribution is -0.136. The van der Waals surface area contributed by atoms with Gasteiger partial charge < -0.3 is 15.7 Å². The van der Waals surface area contributed by atoms with E-state index in [1.165, 1.54) is 0 Å². The van der Waals surface area contributed by atoms with Gasteiger partial charge in [-0.15, -0.1) is 0 Å². The van der Waals surface area contributed by atoms with Crippen LogP contribution in [-0.4, -0.2) is 23.7 Å². The Morgan fingerprint density at radius 2 is 1.80 bits per heavy atom. The van der Waals surface area contributed by atoms with Gasteiger partial charge in [-0.05, 0) is 25.0 Å². The maximum Gasteiger partial charge on any atom is 0.315 e. The number of hydrogen-bond donors (Lipinski definition) is 3. The first-order valence-electron chi connectivity index (χ1n) is 6.42. The van der Waals surface area contributed by atoms with Gasteiger partial charge in [0.25, 0.3) is 0 Å². The van der Waals surface area contributed by atoms with Gasteiger partial charge in [0.05, 0.1) is 6.42 Å². The molecule has 20 heavy (non-hydrogen) atoms. The van der Waals surface area contributed by atoms with Crippen LogP contribution in [0.2, 0.25) is 0 Å². The van der Waals surface area contributed by atoms with Crippen molar-refractivity contribution in [3.05, 3.63) is 47.0 Å². The Hall–Kier alpha value is -2.30. The van der Waals surface area contributed by atoms with Gasteiger partial charge >= 0.3 is 12.0 Å². The zero-order valence-corrected chi connectivity index (χ0v) is 11.8. The molecule has 0 saturated heterocycles. The van der Waals surface area contributed by atoms with E-state index in [2.05, 4.69) is 10.6 Å².